The van der Waals surface area contributed by atoms with Crippen LogP contribution in [0.1, 0.15) is 24.8 Å². The average Bonchev–Trinajstić information content (AvgIpc) is 2.59. The standard InChI is InChI=1S/C18H26BrF3N4/c1-23-17(25-12-15-2-4-16(19)5-3-15)24-9-6-14-7-10-26(11-8-14)13-18(20,21)22/h2-5,14H,6-13H2,1H3,(H2,23,24,25). The highest BCUT2D eigenvalue weighted by molar-refractivity contribution is 9.10. The van der Waals surface area contributed by atoms with E-state index in [-0.39, 0.29) is 0 Å². The summed E-state index contributed by atoms with van der Waals surface area (Å²) in [5.74, 6) is 1.21. The second-order valence-electron chi connectivity index (χ2n) is 6.60. The van der Waals surface area contributed by atoms with Crippen molar-refractivity contribution < 1.29 is 13.2 Å². The van der Waals surface area contributed by atoms with E-state index in [9.17, 15) is 13.2 Å². The van der Waals surface area contributed by atoms with Gasteiger partial charge in [-0.25, -0.2) is 0 Å². The summed E-state index contributed by atoms with van der Waals surface area (Å²) in [5.41, 5.74) is 1.16. The Morgan fingerprint density at radius 3 is 2.42 bits per heavy atom. The molecule has 0 amide bonds. The van der Waals surface area contributed by atoms with E-state index in [1.165, 1.54) is 4.90 Å². The van der Waals surface area contributed by atoms with Crippen LogP contribution in [0, 0.1) is 5.92 Å². The molecule has 1 aliphatic rings. The fourth-order valence-electron chi connectivity index (χ4n) is 3.09. The lowest BCUT2D eigenvalue weighted by molar-refractivity contribution is -0.148. The van der Waals surface area contributed by atoms with E-state index in [2.05, 4.69) is 31.6 Å². The van der Waals surface area contributed by atoms with Crippen molar-refractivity contribution in [3.63, 3.8) is 0 Å². The number of benzene rings is 1. The molecule has 0 atom stereocenters. The molecule has 0 aromatic heterocycles. The van der Waals surface area contributed by atoms with E-state index in [1.54, 1.807) is 7.05 Å². The fraction of sp³-hybridized carbons (Fsp3) is 0.611. The van der Waals surface area contributed by atoms with Crippen molar-refractivity contribution in [2.24, 2.45) is 10.9 Å². The zero-order valence-electron chi connectivity index (χ0n) is 14.9. The second kappa shape index (κ2) is 10.2. The van der Waals surface area contributed by atoms with Crippen LogP contribution in [-0.4, -0.2) is 50.3 Å². The van der Waals surface area contributed by atoms with Gasteiger partial charge in [0, 0.05) is 24.6 Å². The monoisotopic (exact) mass is 434 g/mol. The van der Waals surface area contributed by atoms with Gasteiger partial charge >= 0.3 is 6.18 Å². The first-order chi connectivity index (χ1) is 12.4. The number of nitrogens with zero attached hydrogens (tertiary/aromatic N) is 2. The van der Waals surface area contributed by atoms with E-state index in [1.807, 2.05) is 24.3 Å². The minimum absolute atomic E-state index is 0.469. The predicted octanol–water partition coefficient (Wildman–Crippen LogP) is 3.78. The van der Waals surface area contributed by atoms with Gasteiger partial charge in [0.1, 0.15) is 0 Å². The molecule has 0 aliphatic carbocycles. The maximum absolute atomic E-state index is 12.4. The third-order valence-corrected chi connectivity index (χ3v) is 5.08. The summed E-state index contributed by atoms with van der Waals surface area (Å²) in [7, 11) is 1.73. The Labute approximate surface area is 161 Å². The molecule has 1 heterocycles. The molecular weight excluding hydrogens is 409 g/mol. The Balaban J connectivity index is 1.63. The number of rotatable bonds is 6. The summed E-state index contributed by atoms with van der Waals surface area (Å²) in [6, 6.07) is 8.08. The average molecular weight is 435 g/mol. The number of guanidine groups is 1. The van der Waals surface area contributed by atoms with Crippen molar-refractivity contribution in [2.45, 2.75) is 32.0 Å². The molecule has 2 rings (SSSR count). The largest absolute Gasteiger partial charge is 0.401 e. The van der Waals surface area contributed by atoms with Crippen LogP contribution < -0.4 is 10.6 Å². The molecular formula is C18H26BrF3N4. The van der Waals surface area contributed by atoms with Gasteiger partial charge in [0.25, 0.3) is 0 Å². The lowest BCUT2D eigenvalue weighted by atomic mass is 9.93. The molecule has 0 radical (unpaired) electrons. The minimum Gasteiger partial charge on any atom is -0.356 e. The molecule has 0 saturated carbocycles. The Bertz CT molecular complexity index is 567. The van der Waals surface area contributed by atoms with Crippen LogP contribution in [-0.2, 0) is 6.54 Å². The molecule has 4 nitrogen and oxygen atoms in total. The van der Waals surface area contributed by atoms with Crippen molar-refractivity contribution in [3.8, 4) is 0 Å². The van der Waals surface area contributed by atoms with Crippen molar-refractivity contribution in [1.82, 2.24) is 15.5 Å². The van der Waals surface area contributed by atoms with Gasteiger partial charge in [-0.05, 0) is 56.0 Å². The van der Waals surface area contributed by atoms with Crippen LogP contribution in [0.25, 0.3) is 0 Å². The van der Waals surface area contributed by atoms with Gasteiger partial charge in [-0.15, -0.1) is 0 Å². The molecule has 26 heavy (non-hydrogen) atoms. The Morgan fingerprint density at radius 2 is 1.85 bits per heavy atom. The van der Waals surface area contributed by atoms with Gasteiger partial charge < -0.3 is 10.6 Å². The van der Waals surface area contributed by atoms with Crippen LogP contribution in [0.2, 0.25) is 0 Å². The molecule has 146 valence electrons. The normalized spacial score (nSPS) is 17.3. The number of hydrogen-bond acceptors (Lipinski definition) is 2. The summed E-state index contributed by atoms with van der Waals surface area (Å²) >= 11 is 3.41. The number of aliphatic imine (C=N–C) groups is 1. The summed E-state index contributed by atoms with van der Waals surface area (Å²) in [5, 5.41) is 6.55. The van der Waals surface area contributed by atoms with Gasteiger partial charge in [-0.2, -0.15) is 13.2 Å². The van der Waals surface area contributed by atoms with E-state index < -0.39 is 12.7 Å². The maximum atomic E-state index is 12.4. The summed E-state index contributed by atoms with van der Waals surface area (Å²) in [6.45, 7) is 1.72. The number of hydrogen-bond donors (Lipinski definition) is 2. The van der Waals surface area contributed by atoms with E-state index in [4.69, 9.17) is 0 Å². The van der Waals surface area contributed by atoms with Crippen LogP contribution in [0.15, 0.2) is 33.7 Å². The number of halogens is 4. The molecule has 8 heteroatoms. The third kappa shape index (κ3) is 7.95. The van der Waals surface area contributed by atoms with Crippen LogP contribution >= 0.6 is 15.9 Å². The summed E-state index contributed by atoms with van der Waals surface area (Å²) < 4.78 is 38.3. The topological polar surface area (TPSA) is 39.7 Å². The lowest BCUT2D eigenvalue weighted by Gasteiger charge is -2.32. The number of piperidine rings is 1. The molecule has 2 N–H and O–H groups in total. The molecule has 1 fully saturated rings. The van der Waals surface area contributed by atoms with Crippen LogP contribution in [0.3, 0.4) is 0 Å². The third-order valence-electron chi connectivity index (χ3n) is 4.55. The number of nitrogens with one attached hydrogen (secondary N) is 2. The van der Waals surface area contributed by atoms with E-state index in [0.29, 0.717) is 25.6 Å². The Kier molecular flexibility index (Phi) is 8.21. The van der Waals surface area contributed by atoms with E-state index in [0.717, 1.165) is 41.8 Å². The van der Waals surface area contributed by atoms with Crippen LogP contribution in [0.5, 0.6) is 0 Å². The minimum atomic E-state index is -4.10. The zero-order valence-corrected chi connectivity index (χ0v) is 16.5. The van der Waals surface area contributed by atoms with Gasteiger partial charge in [0.15, 0.2) is 5.96 Å². The lowest BCUT2D eigenvalue weighted by Crippen LogP contribution is -2.41. The highest BCUT2D eigenvalue weighted by Gasteiger charge is 2.32. The fourth-order valence-corrected chi connectivity index (χ4v) is 3.35. The van der Waals surface area contributed by atoms with Gasteiger partial charge in [-0.1, -0.05) is 28.1 Å². The first kappa shape index (κ1) is 21.0. The summed E-state index contributed by atoms with van der Waals surface area (Å²) in [4.78, 5) is 5.71. The second-order valence-corrected chi connectivity index (χ2v) is 7.52. The first-order valence-electron chi connectivity index (χ1n) is 8.84. The molecule has 1 aromatic carbocycles. The molecule has 0 bridgehead atoms. The molecule has 0 unspecified atom stereocenters. The van der Waals surface area contributed by atoms with Crippen molar-refractivity contribution >= 4 is 21.9 Å². The Morgan fingerprint density at radius 1 is 1.19 bits per heavy atom. The molecule has 1 aliphatic heterocycles. The van der Waals surface area contributed by atoms with Crippen molar-refractivity contribution in [3.05, 3.63) is 34.3 Å². The van der Waals surface area contributed by atoms with Crippen LogP contribution in [0.4, 0.5) is 13.2 Å². The predicted molar refractivity (Wildman–Crippen MR) is 102 cm³/mol. The maximum Gasteiger partial charge on any atom is 0.401 e. The first-order valence-corrected chi connectivity index (χ1v) is 9.63. The SMILES string of the molecule is CN=C(NCCC1CCN(CC(F)(F)F)CC1)NCc1ccc(Br)cc1. The van der Waals surface area contributed by atoms with Gasteiger partial charge in [0.2, 0.25) is 0 Å². The van der Waals surface area contributed by atoms with Gasteiger partial charge in [0.05, 0.1) is 6.54 Å². The Hall–Kier alpha value is -1.28. The zero-order chi connectivity index (χ0) is 19.0. The molecule has 1 saturated heterocycles. The van der Waals surface area contributed by atoms with Crippen molar-refractivity contribution in [2.75, 3.05) is 33.2 Å². The highest BCUT2D eigenvalue weighted by Crippen LogP contribution is 2.23. The van der Waals surface area contributed by atoms with Crippen molar-refractivity contribution in [1.29, 1.82) is 0 Å². The molecule has 1 aromatic rings. The van der Waals surface area contributed by atoms with E-state index >= 15 is 0 Å². The quantitative estimate of drug-likeness (QED) is 0.528. The smallest absolute Gasteiger partial charge is 0.356 e. The van der Waals surface area contributed by atoms with Gasteiger partial charge in [-0.3, -0.25) is 9.89 Å². The number of alkyl halides is 3. The molecule has 0 spiro atoms. The summed E-state index contributed by atoms with van der Waals surface area (Å²) in [6.07, 6.45) is -1.51. The number of likely N-dealkylation sites (tertiary alicyclic amines) is 1. The highest BCUT2D eigenvalue weighted by atomic mass is 79.9.